The van der Waals surface area contributed by atoms with Gasteiger partial charge in [-0.1, -0.05) is 12.1 Å². The summed E-state index contributed by atoms with van der Waals surface area (Å²) in [5, 5.41) is 5.84. The Balaban J connectivity index is 1.60. The minimum absolute atomic E-state index is 0.287. The highest BCUT2D eigenvalue weighted by Crippen LogP contribution is 2.17. The van der Waals surface area contributed by atoms with Crippen molar-refractivity contribution < 1.29 is 9.53 Å². The smallest absolute Gasteiger partial charge is 0.258 e. The van der Waals surface area contributed by atoms with Crippen molar-refractivity contribution in [1.29, 1.82) is 0 Å². The van der Waals surface area contributed by atoms with Crippen LogP contribution in [0.2, 0.25) is 0 Å². The van der Waals surface area contributed by atoms with Crippen LogP contribution in [0.5, 0.6) is 5.75 Å². The Kier molecular flexibility index (Phi) is 5.16. The Labute approximate surface area is 145 Å². The number of pyridine rings is 1. The fourth-order valence-electron chi connectivity index (χ4n) is 2.11. The molecular weight excluding hydrogens is 318 g/mol. The Bertz CT molecular complexity index is 838. The molecule has 2 aromatic heterocycles. The monoisotopic (exact) mass is 335 g/mol. The molecular formula is C18H17N5O2. The molecule has 7 nitrogen and oxygen atoms in total. The van der Waals surface area contributed by atoms with Crippen molar-refractivity contribution in [1.82, 2.24) is 15.0 Å². The SMILES string of the molecule is COc1cccc(NC(=O)c2cnc(NCc3ccccn3)nc2)c1. The van der Waals surface area contributed by atoms with Gasteiger partial charge in [0.05, 0.1) is 24.9 Å². The second-order valence-corrected chi connectivity index (χ2v) is 5.16. The molecule has 7 heteroatoms. The Morgan fingerprint density at radius 3 is 2.64 bits per heavy atom. The topological polar surface area (TPSA) is 89.0 Å². The fraction of sp³-hybridized carbons (Fsp3) is 0.111. The molecule has 0 unspecified atom stereocenters. The van der Waals surface area contributed by atoms with Crippen molar-refractivity contribution in [2.75, 3.05) is 17.7 Å². The summed E-state index contributed by atoms with van der Waals surface area (Å²) in [5.74, 6) is 0.816. The highest BCUT2D eigenvalue weighted by molar-refractivity contribution is 6.03. The van der Waals surface area contributed by atoms with Gasteiger partial charge in [-0.3, -0.25) is 9.78 Å². The number of nitrogens with zero attached hydrogens (tertiary/aromatic N) is 3. The first kappa shape index (κ1) is 16.4. The van der Waals surface area contributed by atoms with Crippen molar-refractivity contribution in [3.8, 4) is 5.75 Å². The predicted octanol–water partition coefficient (Wildman–Crippen LogP) is 2.74. The lowest BCUT2D eigenvalue weighted by molar-refractivity contribution is 0.102. The Morgan fingerprint density at radius 1 is 1.08 bits per heavy atom. The van der Waals surface area contributed by atoms with Crippen LogP contribution in [0.1, 0.15) is 16.1 Å². The average Bonchev–Trinajstić information content (AvgIpc) is 2.67. The van der Waals surface area contributed by atoms with Crippen LogP contribution < -0.4 is 15.4 Å². The third kappa shape index (κ3) is 4.51. The largest absolute Gasteiger partial charge is 0.497 e. The van der Waals surface area contributed by atoms with Gasteiger partial charge in [0.15, 0.2) is 0 Å². The van der Waals surface area contributed by atoms with Gasteiger partial charge < -0.3 is 15.4 Å². The molecule has 1 amide bonds. The van der Waals surface area contributed by atoms with E-state index in [2.05, 4.69) is 25.6 Å². The van der Waals surface area contributed by atoms with E-state index in [1.54, 1.807) is 37.6 Å². The van der Waals surface area contributed by atoms with E-state index in [0.717, 1.165) is 5.69 Å². The molecule has 0 aliphatic heterocycles. The van der Waals surface area contributed by atoms with Crippen molar-refractivity contribution in [3.05, 3.63) is 72.3 Å². The summed E-state index contributed by atoms with van der Waals surface area (Å²) in [6.45, 7) is 0.510. The van der Waals surface area contributed by atoms with Crippen LogP contribution >= 0.6 is 0 Å². The van der Waals surface area contributed by atoms with Crippen molar-refractivity contribution >= 4 is 17.5 Å². The number of anilines is 2. The maximum atomic E-state index is 12.2. The maximum absolute atomic E-state index is 12.2. The van der Waals surface area contributed by atoms with Crippen LogP contribution in [-0.4, -0.2) is 28.0 Å². The molecule has 0 atom stereocenters. The van der Waals surface area contributed by atoms with E-state index >= 15 is 0 Å². The first-order valence-electron chi connectivity index (χ1n) is 7.66. The van der Waals surface area contributed by atoms with Gasteiger partial charge in [0, 0.05) is 30.3 Å². The summed E-state index contributed by atoms with van der Waals surface area (Å²) in [6, 6.07) is 12.8. The summed E-state index contributed by atoms with van der Waals surface area (Å²) < 4.78 is 5.13. The fourth-order valence-corrected chi connectivity index (χ4v) is 2.11. The van der Waals surface area contributed by atoms with Gasteiger partial charge in [-0.05, 0) is 24.3 Å². The van der Waals surface area contributed by atoms with E-state index in [4.69, 9.17) is 4.74 Å². The van der Waals surface area contributed by atoms with Crippen LogP contribution in [0.15, 0.2) is 61.1 Å². The first-order valence-corrected chi connectivity index (χ1v) is 7.66. The van der Waals surface area contributed by atoms with Gasteiger partial charge in [0.2, 0.25) is 5.95 Å². The van der Waals surface area contributed by atoms with Crippen LogP contribution in [0.25, 0.3) is 0 Å². The predicted molar refractivity (Wildman–Crippen MR) is 94.5 cm³/mol. The molecule has 3 rings (SSSR count). The molecule has 25 heavy (non-hydrogen) atoms. The molecule has 0 radical (unpaired) electrons. The van der Waals surface area contributed by atoms with Crippen LogP contribution in [0, 0.1) is 0 Å². The zero-order valence-electron chi connectivity index (χ0n) is 13.6. The lowest BCUT2D eigenvalue weighted by atomic mass is 10.2. The van der Waals surface area contributed by atoms with Gasteiger partial charge in [0.1, 0.15) is 5.75 Å². The van der Waals surface area contributed by atoms with Gasteiger partial charge in [-0.15, -0.1) is 0 Å². The number of carbonyl (C=O) groups excluding carboxylic acids is 1. The van der Waals surface area contributed by atoms with Crippen molar-refractivity contribution in [2.45, 2.75) is 6.54 Å². The molecule has 0 spiro atoms. The van der Waals surface area contributed by atoms with Gasteiger partial charge in [-0.25, -0.2) is 9.97 Å². The molecule has 2 N–H and O–H groups in total. The molecule has 1 aromatic carbocycles. The minimum Gasteiger partial charge on any atom is -0.497 e. The van der Waals surface area contributed by atoms with E-state index in [-0.39, 0.29) is 5.91 Å². The number of ether oxygens (including phenoxy) is 1. The second-order valence-electron chi connectivity index (χ2n) is 5.16. The van der Waals surface area contributed by atoms with E-state index in [1.165, 1.54) is 12.4 Å². The van der Waals surface area contributed by atoms with Crippen LogP contribution in [-0.2, 0) is 6.54 Å². The molecule has 126 valence electrons. The van der Waals surface area contributed by atoms with Gasteiger partial charge in [-0.2, -0.15) is 0 Å². The lowest BCUT2D eigenvalue weighted by Crippen LogP contribution is -2.13. The average molecular weight is 335 g/mol. The highest BCUT2D eigenvalue weighted by atomic mass is 16.5. The number of rotatable bonds is 6. The third-order valence-corrected chi connectivity index (χ3v) is 3.40. The second kappa shape index (κ2) is 7.87. The van der Waals surface area contributed by atoms with Gasteiger partial charge >= 0.3 is 0 Å². The lowest BCUT2D eigenvalue weighted by Gasteiger charge is -2.07. The van der Waals surface area contributed by atoms with Crippen molar-refractivity contribution in [2.24, 2.45) is 0 Å². The zero-order chi connectivity index (χ0) is 17.5. The molecule has 0 aliphatic rings. The number of nitrogens with one attached hydrogen (secondary N) is 2. The van der Waals surface area contributed by atoms with E-state index < -0.39 is 0 Å². The van der Waals surface area contributed by atoms with Crippen molar-refractivity contribution in [3.63, 3.8) is 0 Å². The minimum atomic E-state index is -0.287. The summed E-state index contributed by atoms with van der Waals surface area (Å²) in [7, 11) is 1.57. The number of hydrogen-bond donors (Lipinski definition) is 2. The molecule has 3 aromatic rings. The molecule has 0 aliphatic carbocycles. The highest BCUT2D eigenvalue weighted by Gasteiger charge is 2.08. The maximum Gasteiger partial charge on any atom is 0.258 e. The standard InChI is InChI=1S/C18H17N5O2/c1-25-16-7-4-6-14(9-16)23-17(24)13-10-20-18(21-11-13)22-12-15-5-2-3-8-19-15/h2-11H,12H2,1H3,(H,23,24)(H,20,21,22). The van der Waals surface area contributed by atoms with Crippen LogP contribution in [0.4, 0.5) is 11.6 Å². The molecule has 2 heterocycles. The Hall–Kier alpha value is -3.48. The normalized spacial score (nSPS) is 10.1. The molecule has 0 fully saturated rings. The zero-order valence-corrected chi connectivity index (χ0v) is 13.6. The quantitative estimate of drug-likeness (QED) is 0.720. The summed E-state index contributed by atoms with van der Waals surface area (Å²) in [5.41, 5.74) is 1.89. The van der Waals surface area contributed by atoms with E-state index in [1.807, 2.05) is 18.2 Å². The van der Waals surface area contributed by atoms with Gasteiger partial charge in [0.25, 0.3) is 5.91 Å². The van der Waals surface area contributed by atoms with Crippen LogP contribution in [0.3, 0.4) is 0 Å². The summed E-state index contributed by atoms with van der Waals surface area (Å²) in [4.78, 5) is 24.8. The molecule has 0 bridgehead atoms. The number of amides is 1. The number of methoxy groups -OCH3 is 1. The third-order valence-electron chi connectivity index (χ3n) is 3.40. The number of benzene rings is 1. The molecule has 0 saturated carbocycles. The number of hydrogen-bond acceptors (Lipinski definition) is 6. The van der Waals surface area contributed by atoms with E-state index in [0.29, 0.717) is 29.5 Å². The number of carbonyl (C=O) groups is 1. The Morgan fingerprint density at radius 2 is 1.92 bits per heavy atom. The van der Waals surface area contributed by atoms with E-state index in [9.17, 15) is 4.79 Å². The number of aromatic nitrogens is 3. The molecule has 0 saturated heterocycles. The summed E-state index contributed by atoms with van der Waals surface area (Å²) in [6.07, 6.45) is 4.68. The first-order chi connectivity index (χ1) is 12.2. The summed E-state index contributed by atoms with van der Waals surface area (Å²) >= 11 is 0.